The van der Waals surface area contributed by atoms with Gasteiger partial charge in [-0.1, -0.05) is 26.8 Å². The van der Waals surface area contributed by atoms with Gasteiger partial charge in [0.25, 0.3) is 5.56 Å². The van der Waals surface area contributed by atoms with E-state index in [4.69, 9.17) is 0 Å². The topological polar surface area (TPSA) is 68.1 Å². The highest BCUT2D eigenvalue weighted by atomic mass is 32.1. The number of fused-ring (bicyclic) bond motifs is 3. The molecule has 0 fully saturated rings. The van der Waals surface area contributed by atoms with Crippen molar-refractivity contribution in [3.8, 4) is 0 Å². The van der Waals surface area contributed by atoms with Crippen LogP contribution in [0.5, 0.6) is 0 Å². The standard InChI is InChI=1S/C21H24N4O2S/c1-21(2,3)9-17(26)24-8-6-15-16(12-24)28-19-18(15)20(27)25(13-23-19)11-14-5-4-7-22-10-14/h4-5,7,10,13H,6,8-9,11-12H2,1-3H3. The second-order valence-electron chi connectivity index (χ2n) is 8.53. The summed E-state index contributed by atoms with van der Waals surface area (Å²) in [4.78, 5) is 38.1. The van der Waals surface area contributed by atoms with Crippen molar-refractivity contribution in [2.75, 3.05) is 6.54 Å². The summed E-state index contributed by atoms with van der Waals surface area (Å²) in [6.45, 7) is 7.92. The highest BCUT2D eigenvalue weighted by Gasteiger charge is 2.28. The number of pyridine rings is 1. The van der Waals surface area contributed by atoms with Crippen LogP contribution in [-0.4, -0.2) is 31.9 Å². The Morgan fingerprint density at radius 2 is 2.14 bits per heavy atom. The summed E-state index contributed by atoms with van der Waals surface area (Å²) in [7, 11) is 0. The summed E-state index contributed by atoms with van der Waals surface area (Å²) in [6, 6.07) is 3.81. The zero-order valence-corrected chi connectivity index (χ0v) is 17.3. The van der Waals surface area contributed by atoms with E-state index >= 15 is 0 Å². The first-order valence-electron chi connectivity index (χ1n) is 9.48. The summed E-state index contributed by atoms with van der Waals surface area (Å²) in [5.41, 5.74) is 1.99. The van der Waals surface area contributed by atoms with Gasteiger partial charge in [-0.2, -0.15) is 0 Å². The predicted octanol–water partition coefficient (Wildman–Crippen LogP) is 3.22. The molecule has 1 aliphatic rings. The molecule has 0 unspecified atom stereocenters. The molecule has 0 saturated heterocycles. The van der Waals surface area contributed by atoms with E-state index in [1.807, 2.05) is 17.0 Å². The Kier molecular flexibility index (Phi) is 4.79. The quantitative estimate of drug-likeness (QED) is 0.682. The number of hydrogen-bond donors (Lipinski definition) is 0. The zero-order valence-electron chi connectivity index (χ0n) is 16.4. The molecular formula is C21H24N4O2S. The molecule has 4 rings (SSSR count). The van der Waals surface area contributed by atoms with Gasteiger partial charge >= 0.3 is 0 Å². The summed E-state index contributed by atoms with van der Waals surface area (Å²) >= 11 is 1.54. The molecule has 4 heterocycles. The van der Waals surface area contributed by atoms with Crippen molar-refractivity contribution in [2.24, 2.45) is 5.41 Å². The maximum atomic E-state index is 13.1. The minimum Gasteiger partial charge on any atom is -0.337 e. The molecule has 146 valence electrons. The number of hydrogen-bond acceptors (Lipinski definition) is 5. The second kappa shape index (κ2) is 7.13. The number of thiophene rings is 1. The molecule has 6 nitrogen and oxygen atoms in total. The van der Waals surface area contributed by atoms with Crippen molar-refractivity contribution in [1.29, 1.82) is 0 Å². The molecule has 1 aliphatic heterocycles. The first-order valence-corrected chi connectivity index (χ1v) is 10.3. The van der Waals surface area contributed by atoms with Gasteiger partial charge in [0.05, 0.1) is 24.8 Å². The molecule has 0 spiro atoms. The van der Waals surface area contributed by atoms with E-state index in [1.165, 1.54) is 11.3 Å². The normalized spacial score (nSPS) is 14.3. The van der Waals surface area contributed by atoms with Crippen molar-refractivity contribution >= 4 is 27.5 Å². The summed E-state index contributed by atoms with van der Waals surface area (Å²) in [5, 5.41) is 0.717. The minimum absolute atomic E-state index is 0.0131. The molecule has 7 heteroatoms. The lowest BCUT2D eigenvalue weighted by atomic mass is 9.91. The van der Waals surface area contributed by atoms with Crippen LogP contribution in [0.3, 0.4) is 0 Å². The third-order valence-corrected chi connectivity index (χ3v) is 6.06. The van der Waals surface area contributed by atoms with Gasteiger partial charge in [0.15, 0.2) is 0 Å². The summed E-state index contributed by atoms with van der Waals surface area (Å²) in [5.74, 6) is 0.178. The molecule has 0 N–H and O–H groups in total. The van der Waals surface area contributed by atoms with Gasteiger partial charge < -0.3 is 4.90 Å². The number of amides is 1. The molecule has 0 aliphatic carbocycles. The lowest BCUT2D eigenvalue weighted by molar-refractivity contribution is -0.133. The van der Waals surface area contributed by atoms with Crippen LogP contribution >= 0.6 is 11.3 Å². The monoisotopic (exact) mass is 396 g/mol. The molecule has 0 bridgehead atoms. The maximum absolute atomic E-state index is 13.1. The number of aromatic nitrogens is 3. The van der Waals surface area contributed by atoms with Gasteiger partial charge in [0.1, 0.15) is 4.83 Å². The fourth-order valence-electron chi connectivity index (χ4n) is 3.60. The molecule has 0 saturated carbocycles. The SMILES string of the molecule is CC(C)(C)CC(=O)N1CCc2c(sc3ncn(Cc4cccnc4)c(=O)c23)C1. The van der Waals surface area contributed by atoms with Crippen LogP contribution in [0.1, 0.15) is 43.2 Å². The van der Waals surface area contributed by atoms with Gasteiger partial charge in [-0.25, -0.2) is 4.98 Å². The Morgan fingerprint density at radius 1 is 1.32 bits per heavy atom. The second-order valence-corrected chi connectivity index (χ2v) is 9.61. The number of rotatable bonds is 3. The predicted molar refractivity (Wildman–Crippen MR) is 110 cm³/mol. The first-order chi connectivity index (χ1) is 13.3. The third kappa shape index (κ3) is 3.71. The fraction of sp³-hybridized carbons (Fsp3) is 0.429. The van der Waals surface area contributed by atoms with Crippen LogP contribution in [0.2, 0.25) is 0 Å². The summed E-state index contributed by atoms with van der Waals surface area (Å²) in [6.07, 6.45) is 6.33. The van der Waals surface area contributed by atoms with E-state index in [1.54, 1.807) is 23.3 Å². The smallest absolute Gasteiger partial charge is 0.262 e. The van der Waals surface area contributed by atoms with E-state index in [-0.39, 0.29) is 16.9 Å². The van der Waals surface area contributed by atoms with Crippen molar-refractivity contribution in [1.82, 2.24) is 19.4 Å². The van der Waals surface area contributed by atoms with E-state index in [9.17, 15) is 9.59 Å². The third-order valence-electron chi connectivity index (χ3n) is 4.94. The van der Waals surface area contributed by atoms with Crippen LogP contribution in [0.15, 0.2) is 35.6 Å². The Balaban J connectivity index is 1.64. The van der Waals surface area contributed by atoms with Crippen molar-refractivity contribution in [3.63, 3.8) is 0 Å². The lowest BCUT2D eigenvalue weighted by Gasteiger charge is -2.29. The number of carbonyl (C=O) groups is 1. The average molecular weight is 397 g/mol. The molecule has 0 radical (unpaired) electrons. The van der Waals surface area contributed by atoms with Crippen molar-refractivity contribution in [3.05, 3.63) is 57.2 Å². The number of carbonyl (C=O) groups excluding carboxylic acids is 1. The molecule has 0 aromatic carbocycles. The van der Waals surface area contributed by atoms with Crippen LogP contribution < -0.4 is 5.56 Å². The van der Waals surface area contributed by atoms with E-state index < -0.39 is 0 Å². The van der Waals surface area contributed by atoms with Crippen LogP contribution in [0.25, 0.3) is 10.2 Å². The van der Waals surface area contributed by atoms with Gasteiger partial charge in [-0.15, -0.1) is 11.3 Å². The van der Waals surface area contributed by atoms with Gasteiger partial charge in [-0.3, -0.25) is 19.1 Å². The Morgan fingerprint density at radius 3 is 2.86 bits per heavy atom. The average Bonchev–Trinajstić information content (AvgIpc) is 3.02. The lowest BCUT2D eigenvalue weighted by Crippen LogP contribution is -2.37. The van der Waals surface area contributed by atoms with Crippen LogP contribution in [0.4, 0.5) is 0 Å². The Bertz CT molecular complexity index is 1080. The highest BCUT2D eigenvalue weighted by molar-refractivity contribution is 7.18. The fourth-order valence-corrected chi connectivity index (χ4v) is 4.79. The Labute approximate surface area is 167 Å². The highest BCUT2D eigenvalue weighted by Crippen LogP contribution is 2.33. The molecular weight excluding hydrogens is 372 g/mol. The minimum atomic E-state index is -0.0287. The molecule has 28 heavy (non-hydrogen) atoms. The van der Waals surface area contributed by atoms with Crippen LogP contribution in [0, 0.1) is 5.41 Å². The molecule has 3 aromatic heterocycles. The van der Waals surface area contributed by atoms with Crippen LogP contribution in [-0.2, 0) is 24.3 Å². The molecule has 0 atom stereocenters. The van der Waals surface area contributed by atoms with E-state index in [2.05, 4.69) is 30.7 Å². The van der Waals surface area contributed by atoms with Gasteiger partial charge in [-0.05, 0) is 29.0 Å². The molecule has 3 aromatic rings. The van der Waals surface area contributed by atoms with Crippen molar-refractivity contribution < 1.29 is 4.79 Å². The Hall–Kier alpha value is -2.54. The number of nitrogens with zero attached hydrogens (tertiary/aromatic N) is 4. The van der Waals surface area contributed by atoms with E-state index in [0.717, 1.165) is 20.8 Å². The zero-order chi connectivity index (χ0) is 19.9. The molecule has 1 amide bonds. The van der Waals surface area contributed by atoms with Gasteiger partial charge in [0, 0.05) is 30.2 Å². The first kappa shape index (κ1) is 18.8. The summed E-state index contributed by atoms with van der Waals surface area (Å²) < 4.78 is 1.64. The van der Waals surface area contributed by atoms with Crippen molar-refractivity contribution in [2.45, 2.75) is 46.7 Å². The van der Waals surface area contributed by atoms with E-state index in [0.29, 0.717) is 37.9 Å². The largest absolute Gasteiger partial charge is 0.337 e. The van der Waals surface area contributed by atoms with Gasteiger partial charge in [0.2, 0.25) is 5.91 Å². The maximum Gasteiger partial charge on any atom is 0.262 e.